The number of aromatic nitrogens is 1. The number of nitro benzene ring substituents is 1. The fourth-order valence-electron chi connectivity index (χ4n) is 1.67. The predicted octanol–water partition coefficient (Wildman–Crippen LogP) is 3.34. The van der Waals surface area contributed by atoms with Crippen LogP contribution in [0.1, 0.15) is 16.1 Å². The minimum atomic E-state index is -0.861. The van der Waals surface area contributed by atoms with Gasteiger partial charge in [0, 0.05) is 11.6 Å². The number of hydrogen-bond acceptors (Lipinski definition) is 4. The SMILES string of the molecule is Cc1nc(Cl)ccc1NC(=O)c1cc(F)cc([N+](=O)[O-])c1. The van der Waals surface area contributed by atoms with Gasteiger partial charge in [-0.2, -0.15) is 0 Å². The lowest BCUT2D eigenvalue weighted by Crippen LogP contribution is -2.13. The number of non-ortho nitro benzene ring substituents is 1. The Labute approximate surface area is 123 Å². The van der Waals surface area contributed by atoms with E-state index in [0.717, 1.165) is 18.2 Å². The van der Waals surface area contributed by atoms with Crippen molar-refractivity contribution >= 4 is 28.9 Å². The Morgan fingerprint density at radius 2 is 2.10 bits per heavy atom. The highest BCUT2D eigenvalue weighted by atomic mass is 35.5. The molecule has 0 spiro atoms. The van der Waals surface area contributed by atoms with E-state index in [-0.39, 0.29) is 10.7 Å². The topological polar surface area (TPSA) is 85.1 Å². The third-order valence-corrected chi connectivity index (χ3v) is 2.87. The van der Waals surface area contributed by atoms with Gasteiger partial charge < -0.3 is 5.32 Å². The molecule has 1 aromatic carbocycles. The van der Waals surface area contributed by atoms with Gasteiger partial charge in [-0.05, 0) is 25.1 Å². The standard InChI is InChI=1S/C13H9ClFN3O3/c1-7-11(2-3-12(14)16-7)17-13(19)8-4-9(15)6-10(5-8)18(20)21/h2-6H,1H3,(H,17,19). The number of benzene rings is 1. The van der Waals surface area contributed by atoms with Crippen LogP contribution in [0, 0.1) is 22.9 Å². The number of carbonyl (C=O) groups is 1. The fourth-order valence-corrected chi connectivity index (χ4v) is 1.86. The van der Waals surface area contributed by atoms with Gasteiger partial charge >= 0.3 is 0 Å². The number of nitro groups is 1. The molecule has 8 heteroatoms. The van der Waals surface area contributed by atoms with Gasteiger partial charge in [-0.1, -0.05) is 11.6 Å². The second-order valence-corrected chi connectivity index (χ2v) is 4.56. The molecule has 1 amide bonds. The highest BCUT2D eigenvalue weighted by Gasteiger charge is 2.15. The second-order valence-electron chi connectivity index (χ2n) is 4.18. The van der Waals surface area contributed by atoms with Crippen molar-refractivity contribution < 1.29 is 14.1 Å². The summed E-state index contributed by atoms with van der Waals surface area (Å²) in [6.45, 7) is 1.63. The summed E-state index contributed by atoms with van der Waals surface area (Å²) in [4.78, 5) is 25.9. The van der Waals surface area contributed by atoms with Gasteiger partial charge in [-0.15, -0.1) is 0 Å². The molecular weight excluding hydrogens is 301 g/mol. The molecule has 0 saturated heterocycles. The summed E-state index contributed by atoms with van der Waals surface area (Å²) < 4.78 is 13.3. The fraction of sp³-hybridized carbons (Fsp3) is 0.0769. The Hall–Kier alpha value is -2.54. The third kappa shape index (κ3) is 3.51. The van der Waals surface area contributed by atoms with Crippen molar-refractivity contribution in [2.24, 2.45) is 0 Å². The van der Waals surface area contributed by atoms with Gasteiger partial charge in [0.25, 0.3) is 11.6 Å². The Kier molecular flexibility index (Phi) is 4.13. The van der Waals surface area contributed by atoms with Gasteiger partial charge in [0.15, 0.2) is 0 Å². The van der Waals surface area contributed by atoms with Crippen molar-refractivity contribution in [1.29, 1.82) is 0 Å². The van der Waals surface area contributed by atoms with Crippen molar-refractivity contribution in [3.05, 3.63) is 62.7 Å². The van der Waals surface area contributed by atoms with Crippen LogP contribution in [-0.4, -0.2) is 15.8 Å². The van der Waals surface area contributed by atoms with E-state index >= 15 is 0 Å². The molecular formula is C13H9ClFN3O3. The molecule has 0 unspecified atom stereocenters. The highest BCUT2D eigenvalue weighted by molar-refractivity contribution is 6.29. The van der Waals surface area contributed by atoms with Crippen molar-refractivity contribution in [2.45, 2.75) is 6.92 Å². The third-order valence-electron chi connectivity index (χ3n) is 2.66. The number of hydrogen-bond donors (Lipinski definition) is 1. The molecule has 0 radical (unpaired) electrons. The van der Waals surface area contributed by atoms with Gasteiger partial charge in [-0.3, -0.25) is 14.9 Å². The Morgan fingerprint density at radius 3 is 2.71 bits per heavy atom. The molecule has 2 aromatic rings. The Bertz CT molecular complexity index is 737. The lowest BCUT2D eigenvalue weighted by Gasteiger charge is -2.08. The molecule has 6 nitrogen and oxygen atoms in total. The van der Waals surface area contributed by atoms with Crippen molar-refractivity contribution in [3.63, 3.8) is 0 Å². The van der Waals surface area contributed by atoms with E-state index in [1.54, 1.807) is 6.92 Å². The molecule has 1 N–H and O–H groups in total. The summed E-state index contributed by atoms with van der Waals surface area (Å²) in [6.07, 6.45) is 0. The smallest absolute Gasteiger partial charge is 0.273 e. The molecule has 0 aliphatic heterocycles. The zero-order valence-corrected chi connectivity index (χ0v) is 11.5. The lowest BCUT2D eigenvalue weighted by molar-refractivity contribution is -0.385. The Balaban J connectivity index is 2.30. The van der Waals surface area contributed by atoms with Crippen LogP contribution in [0.4, 0.5) is 15.8 Å². The predicted molar refractivity (Wildman–Crippen MR) is 75.0 cm³/mol. The van der Waals surface area contributed by atoms with E-state index < -0.39 is 22.3 Å². The first-order chi connectivity index (χ1) is 9.86. The maximum absolute atomic E-state index is 13.3. The van der Waals surface area contributed by atoms with Crippen molar-refractivity contribution in [3.8, 4) is 0 Å². The summed E-state index contributed by atoms with van der Waals surface area (Å²) >= 11 is 5.70. The molecule has 108 valence electrons. The zero-order valence-electron chi connectivity index (χ0n) is 10.8. The molecule has 0 aliphatic carbocycles. The zero-order chi connectivity index (χ0) is 15.6. The molecule has 1 aromatic heterocycles. The van der Waals surface area contributed by atoms with E-state index in [9.17, 15) is 19.3 Å². The average Bonchev–Trinajstić information content (AvgIpc) is 2.41. The van der Waals surface area contributed by atoms with E-state index in [4.69, 9.17) is 11.6 Å². The normalized spacial score (nSPS) is 10.2. The summed E-state index contributed by atoms with van der Waals surface area (Å²) in [6, 6.07) is 5.68. The molecule has 21 heavy (non-hydrogen) atoms. The van der Waals surface area contributed by atoms with Crippen LogP contribution in [0.5, 0.6) is 0 Å². The number of anilines is 1. The first kappa shape index (κ1) is 14.9. The minimum absolute atomic E-state index is 0.156. The molecule has 1 heterocycles. The summed E-state index contributed by atoms with van der Waals surface area (Å²) in [5, 5.41) is 13.4. The minimum Gasteiger partial charge on any atom is -0.320 e. The number of amides is 1. The molecule has 0 atom stereocenters. The largest absolute Gasteiger partial charge is 0.320 e. The van der Waals surface area contributed by atoms with Crippen LogP contribution in [0.15, 0.2) is 30.3 Å². The van der Waals surface area contributed by atoms with Crippen molar-refractivity contribution in [1.82, 2.24) is 4.98 Å². The molecule has 0 bridgehead atoms. The van der Waals surface area contributed by atoms with Gasteiger partial charge in [0.1, 0.15) is 11.0 Å². The van der Waals surface area contributed by atoms with Gasteiger partial charge in [-0.25, -0.2) is 9.37 Å². The van der Waals surface area contributed by atoms with Crippen LogP contribution in [0.2, 0.25) is 5.15 Å². The average molecular weight is 310 g/mol. The number of halogens is 2. The summed E-state index contributed by atoms with van der Waals surface area (Å²) in [5.41, 5.74) is 0.209. The van der Waals surface area contributed by atoms with Crippen LogP contribution < -0.4 is 5.32 Å². The maximum Gasteiger partial charge on any atom is 0.273 e. The molecule has 0 fully saturated rings. The van der Waals surface area contributed by atoms with E-state index in [1.807, 2.05) is 0 Å². The number of rotatable bonds is 3. The van der Waals surface area contributed by atoms with Crippen molar-refractivity contribution in [2.75, 3.05) is 5.32 Å². The monoisotopic (exact) mass is 309 g/mol. The van der Waals surface area contributed by atoms with E-state index in [0.29, 0.717) is 11.4 Å². The first-order valence-corrected chi connectivity index (χ1v) is 6.14. The van der Waals surface area contributed by atoms with Crippen LogP contribution in [0.25, 0.3) is 0 Å². The maximum atomic E-state index is 13.3. The van der Waals surface area contributed by atoms with Crippen LogP contribution >= 0.6 is 11.6 Å². The van der Waals surface area contributed by atoms with Gasteiger partial charge in [0.05, 0.1) is 22.4 Å². The summed E-state index contributed by atoms with van der Waals surface area (Å²) in [7, 11) is 0. The summed E-state index contributed by atoms with van der Waals surface area (Å²) in [5.74, 6) is -1.54. The number of nitrogens with zero attached hydrogens (tertiary/aromatic N) is 2. The molecule has 0 aliphatic rings. The van der Waals surface area contributed by atoms with Crippen LogP contribution in [0.3, 0.4) is 0 Å². The molecule has 2 rings (SSSR count). The quantitative estimate of drug-likeness (QED) is 0.535. The number of carbonyl (C=O) groups excluding carboxylic acids is 1. The Morgan fingerprint density at radius 1 is 1.38 bits per heavy atom. The van der Waals surface area contributed by atoms with Gasteiger partial charge in [0.2, 0.25) is 0 Å². The number of pyridine rings is 1. The van der Waals surface area contributed by atoms with Crippen LogP contribution in [-0.2, 0) is 0 Å². The highest BCUT2D eigenvalue weighted by Crippen LogP contribution is 2.20. The second kappa shape index (κ2) is 5.84. The van der Waals surface area contributed by atoms with E-state index in [2.05, 4.69) is 10.3 Å². The number of nitrogens with one attached hydrogen (secondary N) is 1. The number of aryl methyl sites for hydroxylation is 1. The van der Waals surface area contributed by atoms with E-state index in [1.165, 1.54) is 12.1 Å². The first-order valence-electron chi connectivity index (χ1n) is 5.76. The lowest BCUT2D eigenvalue weighted by atomic mass is 10.1. The molecule has 0 saturated carbocycles.